The molecule has 0 radical (unpaired) electrons. The number of fused-ring (bicyclic) bond motifs is 1. The smallest absolute Gasteiger partial charge is 0.265 e. The first-order chi connectivity index (χ1) is 9.16. The topological polar surface area (TPSA) is 20.3 Å². The SMILES string of the molecule is O=C(c1sc2cc(F)ccc2c1Cl)N1CCSCC1. The van der Waals surface area contributed by atoms with Crippen LogP contribution in [0.5, 0.6) is 0 Å². The molecule has 1 saturated heterocycles. The summed E-state index contributed by atoms with van der Waals surface area (Å²) in [6.45, 7) is 1.50. The Labute approximate surface area is 123 Å². The molecule has 0 bridgehead atoms. The van der Waals surface area contributed by atoms with Crippen LogP contribution in [0.15, 0.2) is 18.2 Å². The lowest BCUT2D eigenvalue weighted by atomic mass is 10.2. The van der Waals surface area contributed by atoms with E-state index in [1.165, 1.54) is 23.5 Å². The summed E-state index contributed by atoms with van der Waals surface area (Å²) >= 11 is 9.38. The Morgan fingerprint density at radius 3 is 2.79 bits per heavy atom. The van der Waals surface area contributed by atoms with Gasteiger partial charge in [-0.3, -0.25) is 4.79 Å². The first-order valence-electron chi connectivity index (χ1n) is 5.91. The summed E-state index contributed by atoms with van der Waals surface area (Å²) in [7, 11) is 0. The minimum atomic E-state index is -0.307. The number of amides is 1. The Bertz CT molecular complexity index is 637. The summed E-state index contributed by atoms with van der Waals surface area (Å²) < 4.78 is 13.9. The second kappa shape index (κ2) is 5.31. The molecule has 1 fully saturated rings. The first kappa shape index (κ1) is 13.2. The van der Waals surface area contributed by atoms with Crippen LogP contribution in [0, 0.1) is 5.82 Å². The Morgan fingerprint density at radius 2 is 2.05 bits per heavy atom. The Morgan fingerprint density at radius 1 is 1.32 bits per heavy atom. The second-order valence-corrected chi connectivity index (χ2v) is 6.95. The second-order valence-electron chi connectivity index (χ2n) is 4.29. The summed E-state index contributed by atoms with van der Waals surface area (Å²) in [4.78, 5) is 14.8. The minimum Gasteiger partial charge on any atom is -0.336 e. The van der Waals surface area contributed by atoms with Gasteiger partial charge >= 0.3 is 0 Å². The fourth-order valence-corrected chi connectivity index (χ4v) is 4.49. The number of benzene rings is 1. The Kier molecular flexibility index (Phi) is 3.69. The molecule has 2 aromatic rings. The number of halogens is 2. The summed E-state index contributed by atoms with van der Waals surface area (Å²) in [5, 5.41) is 1.20. The lowest BCUT2D eigenvalue weighted by molar-refractivity contribution is 0.0777. The van der Waals surface area contributed by atoms with Gasteiger partial charge in [0.25, 0.3) is 5.91 Å². The third-order valence-electron chi connectivity index (χ3n) is 3.08. The lowest BCUT2D eigenvalue weighted by Crippen LogP contribution is -2.37. The van der Waals surface area contributed by atoms with Crippen LogP contribution in [0.4, 0.5) is 4.39 Å². The van der Waals surface area contributed by atoms with Crippen molar-refractivity contribution in [2.45, 2.75) is 0 Å². The van der Waals surface area contributed by atoms with E-state index in [4.69, 9.17) is 11.6 Å². The molecule has 3 rings (SSSR count). The van der Waals surface area contributed by atoms with E-state index < -0.39 is 0 Å². The number of carbonyl (C=O) groups excluding carboxylic acids is 1. The fourth-order valence-electron chi connectivity index (χ4n) is 2.09. The monoisotopic (exact) mass is 315 g/mol. The Balaban J connectivity index is 2.00. The zero-order valence-electron chi connectivity index (χ0n) is 9.99. The first-order valence-corrected chi connectivity index (χ1v) is 8.26. The van der Waals surface area contributed by atoms with E-state index in [1.807, 2.05) is 16.7 Å². The van der Waals surface area contributed by atoms with E-state index >= 15 is 0 Å². The van der Waals surface area contributed by atoms with Gasteiger partial charge in [0.15, 0.2) is 0 Å². The van der Waals surface area contributed by atoms with Crippen LogP contribution in [-0.4, -0.2) is 35.4 Å². The molecule has 19 heavy (non-hydrogen) atoms. The van der Waals surface area contributed by atoms with Crippen molar-refractivity contribution in [2.24, 2.45) is 0 Å². The minimum absolute atomic E-state index is 0.0353. The highest BCUT2D eigenvalue weighted by molar-refractivity contribution is 7.99. The number of thiophene rings is 1. The van der Waals surface area contributed by atoms with Gasteiger partial charge in [-0.25, -0.2) is 4.39 Å². The van der Waals surface area contributed by atoms with Crippen molar-refractivity contribution >= 4 is 50.7 Å². The van der Waals surface area contributed by atoms with Gasteiger partial charge in [-0.05, 0) is 18.2 Å². The third kappa shape index (κ3) is 2.47. The van der Waals surface area contributed by atoms with Crippen LogP contribution in [-0.2, 0) is 0 Å². The number of rotatable bonds is 1. The third-order valence-corrected chi connectivity index (χ3v) is 5.67. The van der Waals surface area contributed by atoms with Gasteiger partial charge in [0, 0.05) is 34.7 Å². The average Bonchev–Trinajstić information content (AvgIpc) is 2.75. The normalized spacial score (nSPS) is 16.0. The molecule has 0 atom stereocenters. The van der Waals surface area contributed by atoms with Crippen molar-refractivity contribution in [1.29, 1.82) is 0 Å². The molecule has 1 amide bonds. The van der Waals surface area contributed by atoms with Gasteiger partial charge in [-0.2, -0.15) is 11.8 Å². The van der Waals surface area contributed by atoms with Crippen molar-refractivity contribution in [3.05, 3.63) is 33.9 Å². The van der Waals surface area contributed by atoms with Crippen molar-refractivity contribution in [1.82, 2.24) is 4.90 Å². The van der Waals surface area contributed by atoms with Crippen LogP contribution in [0.25, 0.3) is 10.1 Å². The summed E-state index contributed by atoms with van der Waals surface area (Å²) in [6.07, 6.45) is 0. The quantitative estimate of drug-likeness (QED) is 0.796. The van der Waals surface area contributed by atoms with Gasteiger partial charge in [-0.15, -0.1) is 11.3 Å². The van der Waals surface area contributed by atoms with E-state index in [0.29, 0.717) is 9.90 Å². The van der Waals surface area contributed by atoms with Gasteiger partial charge < -0.3 is 4.90 Å². The molecule has 6 heteroatoms. The molecule has 0 N–H and O–H groups in total. The standard InChI is InChI=1S/C13H11ClFNOS2/c14-11-9-2-1-8(15)7-10(9)19-12(11)13(17)16-3-5-18-6-4-16/h1-2,7H,3-6H2. The van der Waals surface area contributed by atoms with Gasteiger partial charge in [0.05, 0.1) is 5.02 Å². The maximum absolute atomic E-state index is 13.2. The van der Waals surface area contributed by atoms with Crippen molar-refractivity contribution in [3.8, 4) is 0 Å². The largest absolute Gasteiger partial charge is 0.336 e. The maximum Gasteiger partial charge on any atom is 0.265 e. The molecule has 1 aliphatic rings. The molecule has 1 aliphatic heterocycles. The molecule has 2 heterocycles. The summed E-state index contributed by atoms with van der Waals surface area (Å²) in [5.41, 5.74) is 0. The van der Waals surface area contributed by atoms with Gasteiger partial charge in [0.1, 0.15) is 10.7 Å². The van der Waals surface area contributed by atoms with Crippen LogP contribution in [0.1, 0.15) is 9.67 Å². The van der Waals surface area contributed by atoms with Crippen LogP contribution in [0.3, 0.4) is 0 Å². The number of carbonyl (C=O) groups is 1. The van der Waals surface area contributed by atoms with Crippen molar-refractivity contribution in [2.75, 3.05) is 24.6 Å². The van der Waals surface area contributed by atoms with E-state index in [0.717, 1.165) is 34.7 Å². The summed E-state index contributed by atoms with van der Waals surface area (Å²) in [6, 6.07) is 4.42. The molecule has 0 spiro atoms. The number of hydrogen-bond acceptors (Lipinski definition) is 3. The molecule has 100 valence electrons. The van der Waals surface area contributed by atoms with Crippen molar-refractivity contribution < 1.29 is 9.18 Å². The molecule has 1 aromatic heterocycles. The van der Waals surface area contributed by atoms with Crippen LogP contribution >= 0.6 is 34.7 Å². The number of hydrogen-bond donors (Lipinski definition) is 0. The van der Waals surface area contributed by atoms with E-state index in [2.05, 4.69) is 0 Å². The highest BCUT2D eigenvalue weighted by atomic mass is 35.5. The molecular weight excluding hydrogens is 305 g/mol. The van der Waals surface area contributed by atoms with Crippen LogP contribution < -0.4 is 0 Å². The van der Waals surface area contributed by atoms with E-state index in [-0.39, 0.29) is 11.7 Å². The summed E-state index contributed by atoms with van der Waals surface area (Å²) in [5.74, 6) is 1.58. The van der Waals surface area contributed by atoms with Gasteiger partial charge in [-0.1, -0.05) is 11.6 Å². The molecule has 1 aromatic carbocycles. The number of nitrogens with zero attached hydrogens (tertiary/aromatic N) is 1. The predicted octanol–water partition coefficient (Wildman–Crippen LogP) is 3.88. The molecular formula is C13H11ClFNOS2. The van der Waals surface area contributed by atoms with E-state index in [1.54, 1.807) is 6.07 Å². The predicted molar refractivity (Wildman–Crippen MR) is 80.0 cm³/mol. The molecule has 0 aliphatic carbocycles. The zero-order valence-corrected chi connectivity index (χ0v) is 12.4. The zero-order chi connectivity index (χ0) is 13.4. The molecule has 0 unspecified atom stereocenters. The lowest BCUT2D eigenvalue weighted by Gasteiger charge is -2.25. The highest BCUT2D eigenvalue weighted by Gasteiger charge is 2.23. The van der Waals surface area contributed by atoms with E-state index in [9.17, 15) is 9.18 Å². The molecule has 0 saturated carbocycles. The van der Waals surface area contributed by atoms with Crippen LogP contribution in [0.2, 0.25) is 5.02 Å². The molecule has 2 nitrogen and oxygen atoms in total. The van der Waals surface area contributed by atoms with Crippen molar-refractivity contribution in [3.63, 3.8) is 0 Å². The Hall–Kier alpha value is -0.780. The highest BCUT2D eigenvalue weighted by Crippen LogP contribution is 2.36. The fraction of sp³-hybridized carbons (Fsp3) is 0.308. The average molecular weight is 316 g/mol. The number of thioether (sulfide) groups is 1. The maximum atomic E-state index is 13.2. The van der Waals surface area contributed by atoms with Gasteiger partial charge in [0.2, 0.25) is 0 Å².